The van der Waals surface area contributed by atoms with Crippen molar-refractivity contribution in [3.05, 3.63) is 52.2 Å². The summed E-state index contributed by atoms with van der Waals surface area (Å²) in [6.45, 7) is 0.791. The second-order valence-corrected chi connectivity index (χ2v) is 4.77. The summed E-state index contributed by atoms with van der Waals surface area (Å²) in [5.74, 6) is 0.128. The lowest BCUT2D eigenvalue weighted by Gasteiger charge is -2.21. The molecule has 1 heterocycles. The Labute approximate surface area is 110 Å². The summed E-state index contributed by atoms with van der Waals surface area (Å²) in [5, 5.41) is 16.0. The quantitative estimate of drug-likeness (QED) is 0.385. The number of amidine groups is 1. The molecule has 1 aromatic carbocycles. The molecule has 0 unspecified atom stereocenters. The van der Waals surface area contributed by atoms with Crippen LogP contribution in [-0.2, 0) is 6.54 Å². The van der Waals surface area contributed by atoms with Crippen molar-refractivity contribution in [2.75, 3.05) is 11.9 Å². The van der Waals surface area contributed by atoms with Crippen LogP contribution in [0.3, 0.4) is 0 Å². The molecule has 2 aromatic rings. The standard InChI is InChI=1S/C13H15N3OS/c1-16(8-10-6-7-18-9-10)12-5-3-2-4-11(12)13(14)15-17/h2-7,9,17H,8H2,1H3,(H2,14,15). The highest BCUT2D eigenvalue weighted by molar-refractivity contribution is 7.07. The molecule has 0 aliphatic heterocycles. The maximum Gasteiger partial charge on any atom is 0.172 e. The minimum atomic E-state index is 0.128. The lowest BCUT2D eigenvalue weighted by molar-refractivity contribution is 0.318. The van der Waals surface area contributed by atoms with Gasteiger partial charge in [-0.1, -0.05) is 17.3 Å². The monoisotopic (exact) mass is 261 g/mol. The number of oxime groups is 1. The number of anilines is 1. The number of nitrogens with two attached hydrogens (primary N) is 1. The zero-order valence-corrected chi connectivity index (χ0v) is 10.9. The number of hydrogen-bond donors (Lipinski definition) is 2. The topological polar surface area (TPSA) is 61.8 Å². The highest BCUT2D eigenvalue weighted by Crippen LogP contribution is 2.21. The van der Waals surface area contributed by atoms with E-state index in [1.165, 1.54) is 5.56 Å². The van der Waals surface area contributed by atoms with Crippen molar-refractivity contribution in [3.63, 3.8) is 0 Å². The van der Waals surface area contributed by atoms with Gasteiger partial charge >= 0.3 is 0 Å². The van der Waals surface area contributed by atoms with Gasteiger partial charge in [0.2, 0.25) is 0 Å². The molecule has 0 radical (unpaired) electrons. The SMILES string of the molecule is CN(Cc1ccsc1)c1ccccc1/C(N)=N/O. The lowest BCUT2D eigenvalue weighted by atomic mass is 10.1. The van der Waals surface area contributed by atoms with Crippen molar-refractivity contribution in [2.24, 2.45) is 10.9 Å². The maximum atomic E-state index is 8.80. The highest BCUT2D eigenvalue weighted by atomic mass is 32.1. The summed E-state index contributed by atoms with van der Waals surface area (Å²) < 4.78 is 0. The largest absolute Gasteiger partial charge is 0.409 e. The smallest absolute Gasteiger partial charge is 0.172 e. The van der Waals surface area contributed by atoms with Crippen LogP contribution in [0.15, 0.2) is 46.2 Å². The first-order valence-corrected chi connectivity index (χ1v) is 6.46. The van der Waals surface area contributed by atoms with Crippen molar-refractivity contribution >= 4 is 22.9 Å². The molecule has 0 amide bonds. The molecular weight excluding hydrogens is 246 g/mol. The number of para-hydroxylation sites is 1. The van der Waals surface area contributed by atoms with E-state index < -0.39 is 0 Å². The van der Waals surface area contributed by atoms with E-state index in [0.29, 0.717) is 0 Å². The molecule has 3 N–H and O–H groups in total. The number of thiophene rings is 1. The fraction of sp³-hybridized carbons (Fsp3) is 0.154. The first-order chi connectivity index (χ1) is 8.72. The van der Waals surface area contributed by atoms with Crippen molar-refractivity contribution in [2.45, 2.75) is 6.54 Å². The van der Waals surface area contributed by atoms with Gasteiger partial charge in [-0.3, -0.25) is 0 Å². The van der Waals surface area contributed by atoms with Crippen LogP contribution in [0.1, 0.15) is 11.1 Å². The molecule has 1 aromatic heterocycles. The Balaban J connectivity index is 2.27. The van der Waals surface area contributed by atoms with E-state index in [2.05, 4.69) is 26.9 Å². The highest BCUT2D eigenvalue weighted by Gasteiger charge is 2.10. The van der Waals surface area contributed by atoms with E-state index in [0.717, 1.165) is 17.8 Å². The predicted octanol–water partition coefficient (Wildman–Crippen LogP) is 2.48. The third kappa shape index (κ3) is 2.62. The number of rotatable bonds is 4. The number of hydrogen-bond acceptors (Lipinski definition) is 4. The zero-order chi connectivity index (χ0) is 13.0. The Kier molecular flexibility index (Phi) is 3.84. The Morgan fingerprint density at radius 2 is 2.17 bits per heavy atom. The Morgan fingerprint density at radius 1 is 1.39 bits per heavy atom. The van der Waals surface area contributed by atoms with E-state index in [1.54, 1.807) is 11.3 Å². The number of benzene rings is 1. The van der Waals surface area contributed by atoms with E-state index >= 15 is 0 Å². The van der Waals surface area contributed by atoms with Gasteiger partial charge in [0.15, 0.2) is 5.84 Å². The van der Waals surface area contributed by atoms with Gasteiger partial charge in [0.1, 0.15) is 0 Å². The Hall–Kier alpha value is -2.01. The van der Waals surface area contributed by atoms with E-state index in [9.17, 15) is 0 Å². The van der Waals surface area contributed by atoms with E-state index in [4.69, 9.17) is 10.9 Å². The molecule has 0 fully saturated rings. The first kappa shape index (κ1) is 12.4. The molecule has 2 rings (SSSR count). The molecule has 0 bridgehead atoms. The average Bonchev–Trinajstić information content (AvgIpc) is 2.90. The van der Waals surface area contributed by atoms with Crippen molar-refractivity contribution in [3.8, 4) is 0 Å². The minimum absolute atomic E-state index is 0.128. The molecule has 0 atom stereocenters. The van der Waals surface area contributed by atoms with Crippen LogP contribution >= 0.6 is 11.3 Å². The van der Waals surface area contributed by atoms with Gasteiger partial charge in [-0.2, -0.15) is 11.3 Å². The van der Waals surface area contributed by atoms with Gasteiger partial charge in [-0.05, 0) is 34.5 Å². The van der Waals surface area contributed by atoms with Crippen LogP contribution in [-0.4, -0.2) is 18.1 Å². The fourth-order valence-corrected chi connectivity index (χ4v) is 2.48. The molecule has 0 saturated heterocycles. The molecule has 5 heteroatoms. The lowest BCUT2D eigenvalue weighted by Crippen LogP contribution is -2.22. The number of nitrogens with zero attached hydrogens (tertiary/aromatic N) is 2. The minimum Gasteiger partial charge on any atom is -0.409 e. The molecule has 0 spiro atoms. The molecule has 0 saturated carbocycles. The summed E-state index contributed by atoms with van der Waals surface area (Å²) >= 11 is 1.68. The summed E-state index contributed by atoms with van der Waals surface area (Å²) in [7, 11) is 1.99. The van der Waals surface area contributed by atoms with Gasteiger partial charge in [-0.25, -0.2) is 0 Å². The van der Waals surface area contributed by atoms with E-state index in [1.807, 2.05) is 31.3 Å². The summed E-state index contributed by atoms with van der Waals surface area (Å²) in [6, 6.07) is 9.70. The normalized spacial score (nSPS) is 11.5. The van der Waals surface area contributed by atoms with Crippen LogP contribution in [0.25, 0.3) is 0 Å². The van der Waals surface area contributed by atoms with Crippen LogP contribution in [0.2, 0.25) is 0 Å². The van der Waals surface area contributed by atoms with Gasteiger partial charge in [-0.15, -0.1) is 0 Å². The maximum absolute atomic E-state index is 8.80. The molecule has 0 aliphatic carbocycles. The van der Waals surface area contributed by atoms with Gasteiger partial charge in [0, 0.05) is 24.8 Å². The van der Waals surface area contributed by atoms with Crippen molar-refractivity contribution in [1.82, 2.24) is 0 Å². The molecule has 18 heavy (non-hydrogen) atoms. The van der Waals surface area contributed by atoms with Crippen molar-refractivity contribution < 1.29 is 5.21 Å². The van der Waals surface area contributed by atoms with Gasteiger partial charge in [0.05, 0.1) is 0 Å². The van der Waals surface area contributed by atoms with Crippen LogP contribution in [0, 0.1) is 0 Å². The van der Waals surface area contributed by atoms with Crippen LogP contribution in [0.5, 0.6) is 0 Å². The molecule has 94 valence electrons. The third-order valence-electron chi connectivity index (χ3n) is 2.70. The third-order valence-corrected chi connectivity index (χ3v) is 3.43. The Bertz CT molecular complexity index is 537. The molecule has 4 nitrogen and oxygen atoms in total. The first-order valence-electron chi connectivity index (χ1n) is 5.51. The second kappa shape index (κ2) is 5.55. The van der Waals surface area contributed by atoms with Gasteiger partial charge < -0.3 is 15.8 Å². The van der Waals surface area contributed by atoms with Crippen LogP contribution < -0.4 is 10.6 Å². The molecular formula is C13H15N3OS. The van der Waals surface area contributed by atoms with Gasteiger partial charge in [0.25, 0.3) is 0 Å². The summed E-state index contributed by atoms with van der Waals surface area (Å²) in [5.41, 5.74) is 8.61. The Morgan fingerprint density at radius 3 is 2.83 bits per heavy atom. The van der Waals surface area contributed by atoms with Crippen LogP contribution in [0.4, 0.5) is 5.69 Å². The van der Waals surface area contributed by atoms with Crippen molar-refractivity contribution in [1.29, 1.82) is 0 Å². The second-order valence-electron chi connectivity index (χ2n) is 3.99. The molecule has 0 aliphatic rings. The zero-order valence-electron chi connectivity index (χ0n) is 10.1. The average molecular weight is 261 g/mol. The summed E-state index contributed by atoms with van der Waals surface area (Å²) in [4.78, 5) is 2.08. The van der Waals surface area contributed by atoms with E-state index in [-0.39, 0.29) is 5.84 Å². The summed E-state index contributed by atoms with van der Waals surface area (Å²) in [6.07, 6.45) is 0. The predicted molar refractivity (Wildman–Crippen MR) is 75.4 cm³/mol. The fourth-order valence-electron chi connectivity index (χ4n) is 1.82.